The molecule has 2 N–H and O–H groups in total. The summed E-state index contributed by atoms with van der Waals surface area (Å²) in [5.41, 5.74) is 3.61. The number of nitrogens with zero attached hydrogens (tertiary/aromatic N) is 4. The quantitative estimate of drug-likeness (QED) is 0.776. The molecule has 112 valence electrons. The summed E-state index contributed by atoms with van der Waals surface area (Å²) >= 11 is 0. The van der Waals surface area contributed by atoms with E-state index in [-0.39, 0.29) is 12.0 Å². The standard InChI is InChI=1S/C15H16N6O/c1-3-17-15(22)19-14-18-13-8-12(7-10(2)21(13)20-14)11-5-4-6-16-9-11/h4-9H,3H2,1-2H3,(H2,17,19,20,22). The lowest BCUT2D eigenvalue weighted by atomic mass is 10.1. The molecule has 3 aromatic rings. The molecule has 0 unspecified atom stereocenters. The maximum Gasteiger partial charge on any atom is 0.321 e. The highest BCUT2D eigenvalue weighted by atomic mass is 16.2. The van der Waals surface area contributed by atoms with E-state index in [1.165, 1.54) is 0 Å². The van der Waals surface area contributed by atoms with E-state index in [0.29, 0.717) is 12.2 Å². The van der Waals surface area contributed by atoms with Crippen molar-refractivity contribution in [1.82, 2.24) is 24.9 Å². The number of nitrogens with one attached hydrogen (secondary N) is 2. The zero-order valence-electron chi connectivity index (χ0n) is 12.4. The molecule has 0 aliphatic heterocycles. The van der Waals surface area contributed by atoms with E-state index in [2.05, 4.69) is 25.7 Å². The summed E-state index contributed by atoms with van der Waals surface area (Å²) in [5.74, 6) is 0.275. The Kier molecular flexibility index (Phi) is 3.69. The fraction of sp³-hybridized carbons (Fsp3) is 0.200. The number of pyridine rings is 2. The average molecular weight is 296 g/mol. The van der Waals surface area contributed by atoms with Crippen molar-refractivity contribution < 1.29 is 4.79 Å². The van der Waals surface area contributed by atoms with Gasteiger partial charge in [0.05, 0.1) is 0 Å². The van der Waals surface area contributed by atoms with Gasteiger partial charge in [0.1, 0.15) is 0 Å². The van der Waals surface area contributed by atoms with Crippen molar-refractivity contribution in [2.75, 3.05) is 11.9 Å². The number of carbonyl (C=O) groups excluding carboxylic acids is 1. The number of hydrogen-bond acceptors (Lipinski definition) is 4. The Morgan fingerprint density at radius 1 is 1.32 bits per heavy atom. The first-order chi connectivity index (χ1) is 10.7. The van der Waals surface area contributed by atoms with E-state index >= 15 is 0 Å². The molecular weight excluding hydrogens is 280 g/mol. The molecule has 0 fully saturated rings. The third-order valence-corrected chi connectivity index (χ3v) is 3.17. The number of fused-ring (bicyclic) bond motifs is 1. The number of urea groups is 1. The first-order valence-electron chi connectivity index (χ1n) is 7.00. The Hall–Kier alpha value is -2.96. The monoisotopic (exact) mass is 296 g/mol. The predicted octanol–water partition coefficient (Wildman–Crippen LogP) is 2.24. The highest BCUT2D eigenvalue weighted by Crippen LogP contribution is 2.21. The highest BCUT2D eigenvalue weighted by molar-refractivity contribution is 5.87. The van der Waals surface area contributed by atoms with E-state index in [0.717, 1.165) is 16.8 Å². The van der Waals surface area contributed by atoms with Crippen molar-refractivity contribution in [3.8, 4) is 11.1 Å². The van der Waals surface area contributed by atoms with Gasteiger partial charge >= 0.3 is 6.03 Å². The molecule has 0 aromatic carbocycles. The second kappa shape index (κ2) is 5.80. The molecule has 0 radical (unpaired) electrons. The summed E-state index contributed by atoms with van der Waals surface area (Å²) in [6, 6.07) is 7.49. The van der Waals surface area contributed by atoms with Crippen molar-refractivity contribution in [2.24, 2.45) is 0 Å². The zero-order valence-corrected chi connectivity index (χ0v) is 12.4. The topological polar surface area (TPSA) is 84.2 Å². The zero-order chi connectivity index (χ0) is 15.5. The van der Waals surface area contributed by atoms with Crippen LogP contribution in [0.25, 0.3) is 16.8 Å². The Balaban J connectivity index is 1.98. The van der Waals surface area contributed by atoms with Crippen LogP contribution in [0.1, 0.15) is 12.6 Å². The van der Waals surface area contributed by atoms with Gasteiger partial charge in [-0.25, -0.2) is 9.31 Å². The summed E-state index contributed by atoms with van der Waals surface area (Å²) < 4.78 is 1.70. The summed E-state index contributed by atoms with van der Waals surface area (Å²) in [6.45, 7) is 4.34. The molecule has 7 heteroatoms. The maximum absolute atomic E-state index is 11.5. The van der Waals surface area contributed by atoms with Crippen molar-refractivity contribution in [2.45, 2.75) is 13.8 Å². The largest absolute Gasteiger partial charge is 0.338 e. The third kappa shape index (κ3) is 2.73. The Morgan fingerprint density at radius 2 is 2.18 bits per heavy atom. The van der Waals surface area contributed by atoms with Crippen LogP contribution in [-0.2, 0) is 0 Å². The number of rotatable bonds is 3. The van der Waals surface area contributed by atoms with Gasteiger partial charge in [-0.3, -0.25) is 10.3 Å². The van der Waals surface area contributed by atoms with Crippen LogP contribution in [0.3, 0.4) is 0 Å². The second-order valence-corrected chi connectivity index (χ2v) is 4.82. The lowest BCUT2D eigenvalue weighted by molar-refractivity contribution is 0.252. The van der Waals surface area contributed by atoms with Crippen LogP contribution in [0.4, 0.5) is 10.7 Å². The number of hydrogen-bond donors (Lipinski definition) is 2. The normalized spacial score (nSPS) is 10.6. The number of amides is 2. The van der Waals surface area contributed by atoms with E-state index in [1.54, 1.807) is 16.9 Å². The number of anilines is 1. The van der Waals surface area contributed by atoms with Crippen LogP contribution in [0, 0.1) is 6.92 Å². The van der Waals surface area contributed by atoms with Crippen molar-refractivity contribution in [3.63, 3.8) is 0 Å². The first-order valence-corrected chi connectivity index (χ1v) is 7.00. The second-order valence-electron chi connectivity index (χ2n) is 4.82. The van der Waals surface area contributed by atoms with Gasteiger partial charge < -0.3 is 5.32 Å². The van der Waals surface area contributed by atoms with Gasteiger partial charge in [0.15, 0.2) is 5.65 Å². The summed E-state index contributed by atoms with van der Waals surface area (Å²) in [4.78, 5) is 20.0. The molecule has 0 saturated heterocycles. The third-order valence-electron chi connectivity index (χ3n) is 3.17. The van der Waals surface area contributed by atoms with Crippen LogP contribution in [0.5, 0.6) is 0 Å². The van der Waals surface area contributed by atoms with Crippen molar-refractivity contribution >= 4 is 17.6 Å². The van der Waals surface area contributed by atoms with Gasteiger partial charge in [0.25, 0.3) is 5.95 Å². The lowest BCUT2D eigenvalue weighted by Gasteiger charge is -2.03. The molecule has 2 amide bonds. The summed E-state index contributed by atoms with van der Waals surface area (Å²) in [5, 5.41) is 9.54. The molecule has 3 heterocycles. The van der Waals surface area contributed by atoms with E-state index < -0.39 is 0 Å². The molecule has 22 heavy (non-hydrogen) atoms. The van der Waals surface area contributed by atoms with Crippen LogP contribution in [0.15, 0.2) is 36.7 Å². The Morgan fingerprint density at radius 3 is 2.91 bits per heavy atom. The molecule has 0 atom stereocenters. The van der Waals surface area contributed by atoms with Crippen LogP contribution < -0.4 is 10.6 Å². The number of aryl methyl sites for hydroxylation is 1. The number of carbonyl (C=O) groups is 1. The van der Waals surface area contributed by atoms with Crippen molar-refractivity contribution in [3.05, 3.63) is 42.4 Å². The molecule has 3 rings (SSSR count). The minimum absolute atomic E-state index is 0.275. The fourth-order valence-electron chi connectivity index (χ4n) is 2.20. The molecule has 0 saturated carbocycles. The van der Waals surface area contributed by atoms with Gasteiger partial charge in [-0.2, -0.15) is 4.98 Å². The SMILES string of the molecule is CCNC(=O)Nc1nc2cc(-c3cccnc3)cc(C)n2n1. The fourth-order valence-corrected chi connectivity index (χ4v) is 2.20. The highest BCUT2D eigenvalue weighted by Gasteiger charge is 2.10. The van der Waals surface area contributed by atoms with E-state index in [9.17, 15) is 4.79 Å². The first kappa shape index (κ1) is 14.0. The molecule has 0 aliphatic carbocycles. The molecule has 0 spiro atoms. The van der Waals surface area contributed by atoms with E-state index in [4.69, 9.17) is 0 Å². The molecule has 7 nitrogen and oxygen atoms in total. The maximum atomic E-state index is 11.5. The molecule has 0 aliphatic rings. The van der Waals surface area contributed by atoms with Crippen LogP contribution >= 0.6 is 0 Å². The summed E-state index contributed by atoms with van der Waals surface area (Å²) in [6.07, 6.45) is 3.54. The predicted molar refractivity (Wildman–Crippen MR) is 83.7 cm³/mol. The summed E-state index contributed by atoms with van der Waals surface area (Å²) in [7, 11) is 0. The minimum atomic E-state index is -0.316. The van der Waals surface area contributed by atoms with Crippen molar-refractivity contribution in [1.29, 1.82) is 0 Å². The smallest absolute Gasteiger partial charge is 0.321 e. The molecule has 0 bridgehead atoms. The Bertz CT molecular complexity index is 812. The molecular formula is C15H16N6O. The van der Waals surface area contributed by atoms with Gasteiger partial charge in [-0.1, -0.05) is 6.07 Å². The van der Waals surface area contributed by atoms with Gasteiger partial charge in [0, 0.05) is 30.2 Å². The van der Waals surface area contributed by atoms with Gasteiger partial charge in [0.2, 0.25) is 0 Å². The van der Waals surface area contributed by atoms with Gasteiger partial charge in [-0.05, 0) is 37.6 Å². The lowest BCUT2D eigenvalue weighted by Crippen LogP contribution is -2.28. The molecule has 3 aromatic heterocycles. The van der Waals surface area contributed by atoms with Gasteiger partial charge in [-0.15, -0.1) is 5.10 Å². The van der Waals surface area contributed by atoms with Crippen LogP contribution in [0.2, 0.25) is 0 Å². The number of aromatic nitrogens is 4. The Labute approximate surface area is 127 Å². The minimum Gasteiger partial charge on any atom is -0.338 e. The van der Waals surface area contributed by atoms with Crippen LogP contribution in [-0.4, -0.2) is 32.2 Å². The average Bonchev–Trinajstić information content (AvgIpc) is 2.91. The van der Waals surface area contributed by atoms with E-state index in [1.807, 2.05) is 38.1 Å².